The van der Waals surface area contributed by atoms with Crippen LogP contribution in [0.25, 0.3) is 11.4 Å². The standard InChI is InChI=1S/C15H17ClN2/c1-10-5-7-11(8-6-10)14-17-12(15(2,3)4)9-13(16)18-14/h5-9H,1-4H3. The Hall–Kier alpha value is -1.41. The zero-order valence-electron chi connectivity index (χ0n) is 11.2. The largest absolute Gasteiger partial charge is 0.232 e. The van der Waals surface area contributed by atoms with E-state index in [-0.39, 0.29) is 5.41 Å². The predicted octanol–water partition coefficient (Wildman–Crippen LogP) is 4.40. The average Bonchev–Trinajstić information content (AvgIpc) is 2.28. The number of nitrogens with zero attached hydrogens (tertiary/aromatic N) is 2. The number of aryl methyl sites for hydroxylation is 1. The minimum Gasteiger partial charge on any atom is -0.232 e. The highest BCUT2D eigenvalue weighted by atomic mass is 35.5. The Kier molecular flexibility index (Phi) is 3.40. The van der Waals surface area contributed by atoms with Crippen LogP contribution in [0.4, 0.5) is 0 Å². The van der Waals surface area contributed by atoms with E-state index in [1.54, 1.807) is 0 Å². The van der Waals surface area contributed by atoms with Crippen LogP contribution < -0.4 is 0 Å². The molecule has 1 aromatic heterocycles. The van der Waals surface area contributed by atoms with Gasteiger partial charge in [0.05, 0.1) is 5.69 Å². The summed E-state index contributed by atoms with van der Waals surface area (Å²) < 4.78 is 0. The third-order valence-electron chi connectivity index (χ3n) is 2.77. The summed E-state index contributed by atoms with van der Waals surface area (Å²) in [5, 5.41) is 0.491. The fourth-order valence-electron chi connectivity index (χ4n) is 1.63. The van der Waals surface area contributed by atoms with Gasteiger partial charge in [0.25, 0.3) is 0 Å². The Balaban J connectivity index is 2.52. The number of aromatic nitrogens is 2. The maximum Gasteiger partial charge on any atom is 0.161 e. The Morgan fingerprint density at radius 3 is 2.17 bits per heavy atom. The van der Waals surface area contributed by atoms with Crippen molar-refractivity contribution in [2.24, 2.45) is 0 Å². The molecule has 0 spiro atoms. The average molecular weight is 261 g/mol. The van der Waals surface area contributed by atoms with Gasteiger partial charge < -0.3 is 0 Å². The molecule has 0 unspecified atom stereocenters. The molecular formula is C15H17ClN2. The van der Waals surface area contributed by atoms with E-state index in [0.717, 1.165) is 11.3 Å². The van der Waals surface area contributed by atoms with Crippen LogP contribution in [-0.4, -0.2) is 9.97 Å². The molecule has 0 amide bonds. The zero-order chi connectivity index (χ0) is 13.3. The van der Waals surface area contributed by atoms with Crippen molar-refractivity contribution in [1.29, 1.82) is 0 Å². The molecule has 0 N–H and O–H groups in total. The van der Waals surface area contributed by atoms with Crippen LogP contribution in [-0.2, 0) is 5.41 Å². The normalized spacial score (nSPS) is 11.6. The van der Waals surface area contributed by atoms with E-state index in [1.807, 2.05) is 18.2 Å². The van der Waals surface area contributed by atoms with Gasteiger partial charge in [-0.1, -0.05) is 62.2 Å². The molecule has 0 aliphatic heterocycles. The maximum atomic E-state index is 6.09. The van der Waals surface area contributed by atoms with E-state index in [9.17, 15) is 0 Å². The molecule has 0 bridgehead atoms. The van der Waals surface area contributed by atoms with Crippen molar-refractivity contribution < 1.29 is 0 Å². The van der Waals surface area contributed by atoms with E-state index in [4.69, 9.17) is 11.6 Å². The predicted molar refractivity (Wildman–Crippen MR) is 75.9 cm³/mol. The van der Waals surface area contributed by atoms with E-state index in [0.29, 0.717) is 11.0 Å². The van der Waals surface area contributed by atoms with Gasteiger partial charge in [-0.3, -0.25) is 0 Å². The van der Waals surface area contributed by atoms with E-state index in [2.05, 4.69) is 49.8 Å². The van der Waals surface area contributed by atoms with E-state index in [1.165, 1.54) is 5.56 Å². The van der Waals surface area contributed by atoms with Crippen molar-refractivity contribution in [3.8, 4) is 11.4 Å². The first kappa shape index (κ1) is 13.0. The highest BCUT2D eigenvalue weighted by Crippen LogP contribution is 2.25. The van der Waals surface area contributed by atoms with Crippen LogP contribution in [0.1, 0.15) is 32.0 Å². The molecular weight excluding hydrogens is 244 g/mol. The van der Waals surface area contributed by atoms with Gasteiger partial charge in [0.1, 0.15) is 5.15 Å². The van der Waals surface area contributed by atoms with Crippen LogP contribution in [0.2, 0.25) is 5.15 Å². The molecule has 2 aromatic rings. The van der Waals surface area contributed by atoms with Crippen molar-refractivity contribution >= 4 is 11.6 Å². The van der Waals surface area contributed by atoms with E-state index < -0.39 is 0 Å². The SMILES string of the molecule is Cc1ccc(-c2nc(Cl)cc(C(C)(C)C)n2)cc1. The van der Waals surface area contributed by atoms with E-state index >= 15 is 0 Å². The summed E-state index contributed by atoms with van der Waals surface area (Å²) in [6.45, 7) is 8.41. The molecule has 3 heteroatoms. The number of halogens is 1. The Bertz CT molecular complexity index is 554. The van der Waals surface area contributed by atoms with Gasteiger partial charge in [0, 0.05) is 11.0 Å². The first-order valence-electron chi connectivity index (χ1n) is 5.98. The molecule has 0 saturated carbocycles. The van der Waals surface area contributed by atoms with Crippen LogP contribution in [0.3, 0.4) is 0 Å². The summed E-state index contributed by atoms with van der Waals surface area (Å²) in [5.74, 6) is 0.687. The molecule has 1 heterocycles. The number of hydrogen-bond donors (Lipinski definition) is 0. The van der Waals surface area contributed by atoms with Crippen LogP contribution >= 0.6 is 11.6 Å². The lowest BCUT2D eigenvalue weighted by atomic mass is 9.92. The minimum absolute atomic E-state index is 0.0357. The molecule has 0 radical (unpaired) electrons. The molecule has 0 aliphatic rings. The second kappa shape index (κ2) is 4.69. The quantitative estimate of drug-likeness (QED) is 0.710. The van der Waals surface area contributed by atoms with Crippen molar-refractivity contribution in [1.82, 2.24) is 9.97 Å². The molecule has 0 atom stereocenters. The van der Waals surface area contributed by atoms with Gasteiger partial charge in [-0.15, -0.1) is 0 Å². The van der Waals surface area contributed by atoms with Gasteiger partial charge in [-0.25, -0.2) is 9.97 Å². The van der Waals surface area contributed by atoms with Crippen molar-refractivity contribution in [2.75, 3.05) is 0 Å². The molecule has 94 valence electrons. The van der Waals surface area contributed by atoms with Gasteiger partial charge in [-0.05, 0) is 13.0 Å². The van der Waals surface area contributed by atoms with Crippen molar-refractivity contribution in [2.45, 2.75) is 33.1 Å². The second-order valence-corrected chi connectivity index (χ2v) is 5.90. The smallest absolute Gasteiger partial charge is 0.161 e. The van der Waals surface area contributed by atoms with Crippen LogP contribution in [0, 0.1) is 6.92 Å². The summed E-state index contributed by atoms with van der Waals surface area (Å²) in [5.41, 5.74) is 3.13. The lowest BCUT2D eigenvalue weighted by Gasteiger charge is -2.18. The van der Waals surface area contributed by atoms with Crippen molar-refractivity contribution in [3.63, 3.8) is 0 Å². The molecule has 0 saturated heterocycles. The molecule has 0 aliphatic carbocycles. The summed E-state index contributed by atoms with van der Waals surface area (Å²) in [4.78, 5) is 8.91. The number of rotatable bonds is 1. The highest BCUT2D eigenvalue weighted by molar-refractivity contribution is 6.29. The zero-order valence-corrected chi connectivity index (χ0v) is 11.9. The first-order valence-corrected chi connectivity index (χ1v) is 6.36. The monoisotopic (exact) mass is 260 g/mol. The van der Waals surface area contributed by atoms with Gasteiger partial charge in [0.2, 0.25) is 0 Å². The summed E-state index contributed by atoms with van der Waals surface area (Å²) >= 11 is 6.09. The molecule has 18 heavy (non-hydrogen) atoms. The summed E-state index contributed by atoms with van der Waals surface area (Å²) in [7, 11) is 0. The number of benzene rings is 1. The van der Waals surface area contributed by atoms with Crippen LogP contribution in [0.15, 0.2) is 30.3 Å². The highest BCUT2D eigenvalue weighted by Gasteiger charge is 2.18. The third-order valence-corrected chi connectivity index (χ3v) is 2.97. The summed E-state index contributed by atoms with van der Waals surface area (Å²) in [6.07, 6.45) is 0. The lowest BCUT2D eigenvalue weighted by Crippen LogP contribution is -2.14. The first-order chi connectivity index (χ1) is 8.36. The third kappa shape index (κ3) is 2.88. The fourth-order valence-corrected chi connectivity index (χ4v) is 1.82. The Morgan fingerprint density at radius 2 is 1.61 bits per heavy atom. The minimum atomic E-state index is -0.0357. The Labute approximate surface area is 113 Å². The molecule has 2 nitrogen and oxygen atoms in total. The molecule has 2 rings (SSSR count). The fraction of sp³-hybridized carbons (Fsp3) is 0.333. The number of hydrogen-bond acceptors (Lipinski definition) is 2. The topological polar surface area (TPSA) is 25.8 Å². The second-order valence-electron chi connectivity index (χ2n) is 5.52. The molecule has 0 fully saturated rings. The van der Waals surface area contributed by atoms with Gasteiger partial charge in [0.15, 0.2) is 5.82 Å². The summed E-state index contributed by atoms with van der Waals surface area (Å²) in [6, 6.07) is 9.98. The maximum absolute atomic E-state index is 6.09. The Morgan fingerprint density at radius 1 is 1.00 bits per heavy atom. The molecule has 1 aromatic carbocycles. The van der Waals surface area contributed by atoms with Crippen molar-refractivity contribution in [3.05, 3.63) is 46.7 Å². The van der Waals surface area contributed by atoms with Gasteiger partial charge in [-0.2, -0.15) is 0 Å². The van der Waals surface area contributed by atoms with Crippen LogP contribution in [0.5, 0.6) is 0 Å². The van der Waals surface area contributed by atoms with Gasteiger partial charge >= 0.3 is 0 Å². The lowest BCUT2D eigenvalue weighted by molar-refractivity contribution is 0.568.